The first kappa shape index (κ1) is 25.6. The molecule has 3 aromatic rings. The summed E-state index contributed by atoms with van der Waals surface area (Å²) >= 11 is 5.72. The Labute approximate surface area is 217 Å². The Morgan fingerprint density at radius 1 is 1.14 bits per heavy atom. The largest absolute Gasteiger partial charge is 0.393 e. The third-order valence-electron chi connectivity index (χ3n) is 7.67. The predicted octanol–water partition coefficient (Wildman–Crippen LogP) is 4.68. The number of rotatable bonds is 6. The Kier molecular flexibility index (Phi) is 7.17. The minimum absolute atomic E-state index is 0.0368. The lowest BCUT2D eigenvalue weighted by molar-refractivity contribution is -0.122. The second-order valence-electron chi connectivity index (χ2n) is 10.2. The molecule has 3 atom stereocenters. The third kappa shape index (κ3) is 5.19. The maximum Gasteiger partial charge on any atom is 0.224 e. The van der Waals surface area contributed by atoms with E-state index in [1.165, 1.54) is 12.1 Å². The van der Waals surface area contributed by atoms with Gasteiger partial charge in [0.1, 0.15) is 5.52 Å². The van der Waals surface area contributed by atoms with E-state index in [1.807, 2.05) is 11.5 Å². The lowest BCUT2D eigenvalue weighted by Crippen LogP contribution is -2.35. The van der Waals surface area contributed by atoms with Crippen LogP contribution in [0.5, 0.6) is 0 Å². The van der Waals surface area contributed by atoms with Crippen LogP contribution < -0.4 is 16.4 Å². The molecule has 12 heteroatoms. The maximum absolute atomic E-state index is 14.6. The second-order valence-corrected chi connectivity index (χ2v) is 10.6. The van der Waals surface area contributed by atoms with Gasteiger partial charge in [-0.05, 0) is 63.0 Å². The van der Waals surface area contributed by atoms with Gasteiger partial charge >= 0.3 is 0 Å². The number of imidazole rings is 1. The van der Waals surface area contributed by atoms with Crippen LogP contribution in [0, 0.1) is 23.5 Å². The zero-order chi connectivity index (χ0) is 26.3. The molecule has 0 spiro atoms. The molecule has 198 valence electrons. The molecule has 2 aromatic heterocycles. The highest BCUT2D eigenvalue weighted by molar-refractivity contribution is 6.30. The van der Waals surface area contributed by atoms with E-state index in [-0.39, 0.29) is 52.6 Å². The molecule has 1 amide bonds. The van der Waals surface area contributed by atoms with Gasteiger partial charge in [-0.25, -0.2) is 18.7 Å². The second kappa shape index (κ2) is 10.4. The number of primary amides is 1. The topological polar surface area (TPSA) is 131 Å². The highest BCUT2D eigenvalue weighted by Gasteiger charge is 2.30. The molecular formula is C25H30ClF2N7O2. The molecule has 0 radical (unpaired) electrons. The minimum atomic E-state index is -1.15. The number of hydrogen-bond acceptors (Lipinski definition) is 7. The number of anilines is 3. The minimum Gasteiger partial charge on any atom is -0.393 e. The van der Waals surface area contributed by atoms with Crippen molar-refractivity contribution in [3.63, 3.8) is 0 Å². The van der Waals surface area contributed by atoms with Crippen LogP contribution in [0.4, 0.5) is 26.4 Å². The van der Waals surface area contributed by atoms with E-state index in [4.69, 9.17) is 22.3 Å². The summed E-state index contributed by atoms with van der Waals surface area (Å²) in [6, 6.07) is 2.56. The van der Waals surface area contributed by atoms with Gasteiger partial charge in [0.25, 0.3) is 0 Å². The van der Waals surface area contributed by atoms with E-state index in [0.29, 0.717) is 49.2 Å². The summed E-state index contributed by atoms with van der Waals surface area (Å²) in [6.45, 7) is 2.04. The van der Waals surface area contributed by atoms with Crippen LogP contribution in [0.25, 0.3) is 11.2 Å². The van der Waals surface area contributed by atoms with Gasteiger partial charge in [0.05, 0.1) is 23.0 Å². The van der Waals surface area contributed by atoms with Crippen molar-refractivity contribution in [3.8, 4) is 0 Å². The summed E-state index contributed by atoms with van der Waals surface area (Å²) in [5.41, 5.74) is 6.42. The molecule has 5 N–H and O–H groups in total. The van der Waals surface area contributed by atoms with E-state index in [0.717, 1.165) is 12.8 Å². The molecule has 0 aliphatic heterocycles. The highest BCUT2D eigenvalue weighted by atomic mass is 35.5. The molecule has 0 saturated heterocycles. The first-order chi connectivity index (χ1) is 17.7. The van der Waals surface area contributed by atoms with Crippen LogP contribution in [0.2, 0.25) is 5.02 Å². The Morgan fingerprint density at radius 2 is 1.89 bits per heavy atom. The maximum atomic E-state index is 14.6. The van der Waals surface area contributed by atoms with E-state index in [2.05, 4.69) is 20.6 Å². The predicted molar refractivity (Wildman–Crippen MR) is 137 cm³/mol. The molecule has 2 heterocycles. The molecule has 37 heavy (non-hydrogen) atoms. The van der Waals surface area contributed by atoms with Gasteiger partial charge < -0.3 is 21.5 Å². The Morgan fingerprint density at radius 3 is 2.59 bits per heavy atom. The zero-order valence-electron chi connectivity index (χ0n) is 20.4. The lowest BCUT2D eigenvalue weighted by Gasteiger charge is -2.31. The van der Waals surface area contributed by atoms with Gasteiger partial charge in [0, 0.05) is 18.0 Å². The summed E-state index contributed by atoms with van der Waals surface area (Å²) in [4.78, 5) is 25.4. The van der Waals surface area contributed by atoms with Gasteiger partial charge in [-0.1, -0.05) is 18.5 Å². The number of aliphatic hydroxyl groups is 1. The van der Waals surface area contributed by atoms with Crippen molar-refractivity contribution >= 4 is 46.3 Å². The molecule has 0 bridgehead atoms. The van der Waals surface area contributed by atoms with Crippen LogP contribution in [-0.4, -0.2) is 42.7 Å². The van der Waals surface area contributed by atoms with Crippen molar-refractivity contribution in [1.82, 2.24) is 19.5 Å². The molecule has 2 aliphatic rings. The standard InChI is InChI=1S/C25H30ClF2N7O2/c1-12-2-5-14(10-19(12)36)31-24-30-11-18-23(34-24)35(15-6-3-13(4-7-15)22(29)37)25(33-18)32-17-9-8-16(26)20(27)21(17)28/h8-9,11-15,19,36H,2-7,10H2,1H3,(H2,29,37)(H,32,33)(H,30,31,34)/t12-,13-,14-,15+,19?/m1/s1. The SMILES string of the molecule is C[C@@H]1CC[C@@H](Nc2ncc3nc(Nc4ccc(Cl)c(F)c4F)n([C@H]4CC[C@@H](C(N)=O)CC4)c3n2)CC1O. The van der Waals surface area contributed by atoms with Gasteiger partial charge in [-0.3, -0.25) is 9.36 Å². The molecule has 1 aromatic carbocycles. The molecular weight excluding hydrogens is 504 g/mol. The number of amides is 1. The normalized spacial score (nSPS) is 26.2. The molecule has 2 aliphatic carbocycles. The van der Waals surface area contributed by atoms with E-state index < -0.39 is 11.6 Å². The number of carbonyl (C=O) groups excluding carboxylic acids is 1. The van der Waals surface area contributed by atoms with Crippen LogP contribution >= 0.6 is 11.6 Å². The number of nitrogens with two attached hydrogens (primary N) is 1. The quantitative estimate of drug-likeness (QED) is 0.338. The Bertz CT molecular complexity index is 1310. The highest BCUT2D eigenvalue weighted by Crippen LogP contribution is 2.38. The summed E-state index contributed by atoms with van der Waals surface area (Å²) < 4.78 is 30.6. The smallest absolute Gasteiger partial charge is 0.224 e. The number of halogens is 3. The van der Waals surface area contributed by atoms with Crippen molar-refractivity contribution in [1.29, 1.82) is 0 Å². The van der Waals surface area contributed by atoms with E-state index in [1.54, 1.807) is 6.20 Å². The fourth-order valence-corrected chi connectivity index (χ4v) is 5.51. The Hall–Kier alpha value is -3.05. The van der Waals surface area contributed by atoms with Crippen LogP contribution in [0.1, 0.15) is 57.9 Å². The van der Waals surface area contributed by atoms with Crippen LogP contribution in [0.3, 0.4) is 0 Å². The first-order valence-corrected chi connectivity index (χ1v) is 13.0. The van der Waals surface area contributed by atoms with E-state index >= 15 is 0 Å². The zero-order valence-corrected chi connectivity index (χ0v) is 21.2. The summed E-state index contributed by atoms with van der Waals surface area (Å²) in [7, 11) is 0. The number of benzene rings is 1. The monoisotopic (exact) mass is 533 g/mol. The molecule has 1 unspecified atom stereocenters. The summed E-state index contributed by atoms with van der Waals surface area (Å²) in [5, 5.41) is 16.2. The van der Waals surface area contributed by atoms with Crippen molar-refractivity contribution in [3.05, 3.63) is 35.0 Å². The third-order valence-corrected chi connectivity index (χ3v) is 7.96. The lowest BCUT2D eigenvalue weighted by atomic mass is 9.85. The van der Waals surface area contributed by atoms with Crippen molar-refractivity contribution in [2.75, 3.05) is 10.6 Å². The number of nitrogens with one attached hydrogen (secondary N) is 2. The van der Waals surface area contributed by atoms with Crippen molar-refractivity contribution in [2.24, 2.45) is 17.6 Å². The molecule has 9 nitrogen and oxygen atoms in total. The Balaban J connectivity index is 1.49. The van der Waals surface area contributed by atoms with E-state index in [9.17, 15) is 18.7 Å². The van der Waals surface area contributed by atoms with Gasteiger partial charge in [0.15, 0.2) is 17.3 Å². The summed E-state index contributed by atoms with van der Waals surface area (Å²) in [5.74, 6) is -1.83. The number of fused-ring (bicyclic) bond motifs is 1. The number of nitrogens with zero attached hydrogens (tertiary/aromatic N) is 4. The number of aliphatic hydroxyl groups excluding tert-OH is 1. The van der Waals surface area contributed by atoms with Gasteiger partial charge in [-0.2, -0.15) is 4.98 Å². The first-order valence-electron chi connectivity index (χ1n) is 12.6. The summed E-state index contributed by atoms with van der Waals surface area (Å²) in [6.07, 6.45) is 6.11. The number of carbonyl (C=O) groups is 1. The molecule has 2 fully saturated rings. The molecule has 2 saturated carbocycles. The average molecular weight is 534 g/mol. The van der Waals surface area contributed by atoms with Gasteiger partial charge in [0.2, 0.25) is 17.8 Å². The fraction of sp³-hybridized carbons (Fsp3) is 0.520. The van der Waals surface area contributed by atoms with Crippen molar-refractivity contribution in [2.45, 2.75) is 70.1 Å². The van der Waals surface area contributed by atoms with Crippen molar-refractivity contribution < 1.29 is 18.7 Å². The average Bonchev–Trinajstić information content (AvgIpc) is 3.24. The van der Waals surface area contributed by atoms with Gasteiger partial charge in [-0.15, -0.1) is 0 Å². The molecule has 5 rings (SSSR count). The number of hydrogen-bond donors (Lipinski definition) is 4. The van der Waals surface area contributed by atoms with Crippen LogP contribution in [-0.2, 0) is 4.79 Å². The van der Waals surface area contributed by atoms with Crippen LogP contribution in [0.15, 0.2) is 18.3 Å². The number of aromatic nitrogens is 4. The fourth-order valence-electron chi connectivity index (χ4n) is 5.37.